The van der Waals surface area contributed by atoms with Gasteiger partial charge < -0.3 is 20.0 Å². The van der Waals surface area contributed by atoms with Gasteiger partial charge in [0, 0.05) is 0 Å². The summed E-state index contributed by atoms with van der Waals surface area (Å²) in [5, 5.41) is 17.5. The molecule has 4 N–H and O–H groups in total. The lowest BCUT2D eigenvalue weighted by Crippen LogP contribution is -2.33. The summed E-state index contributed by atoms with van der Waals surface area (Å²) in [5.74, 6) is -3.70. The van der Waals surface area contributed by atoms with Gasteiger partial charge in [-0.05, 0) is 11.8 Å². The topological polar surface area (TPSA) is 132 Å². The first kappa shape index (κ1) is 16.1. The van der Waals surface area contributed by atoms with E-state index in [1.54, 1.807) is 0 Å². The molecule has 1 unspecified atom stereocenters. The van der Waals surface area contributed by atoms with Crippen LogP contribution in [0.1, 0.15) is 26.7 Å². The van der Waals surface area contributed by atoms with Crippen LogP contribution in [0.3, 0.4) is 0 Å². The average Bonchev–Trinajstić information content (AvgIpc) is 2.09. The van der Waals surface area contributed by atoms with Crippen molar-refractivity contribution in [1.82, 2.24) is 0 Å². The van der Waals surface area contributed by atoms with Crippen LogP contribution in [0.5, 0.6) is 0 Å². The molecule has 1 atom stereocenters. The van der Waals surface area contributed by atoms with E-state index in [4.69, 9.17) is 20.0 Å². The molecule has 7 nitrogen and oxygen atoms in total. The number of carboxylic acid groups (broad SMARTS) is 2. The van der Waals surface area contributed by atoms with Crippen molar-refractivity contribution in [2.24, 2.45) is 11.3 Å². The van der Waals surface area contributed by atoms with Gasteiger partial charge in [0.1, 0.15) is 0 Å². The highest BCUT2D eigenvalue weighted by atomic mass is 31.2. The third kappa shape index (κ3) is 6.41. The Bertz CT molecular complexity index is 343. The lowest BCUT2D eigenvalue weighted by molar-refractivity contribution is -0.152. The maximum atomic E-state index is 10.9. The van der Waals surface area contributed by atoms with Crippen molar-refractivity contribution in [2.75, 3.05) is 6.16 Å². The highest BCUT2D eigenvalue weighted by Gasteiger charge is 2.37. The SMILES string of the molecule is CC(C)(CCP(=O)(O)O)C(CC(=O)O)C(=O)O. The van der Waals surface area contributed by atoms with Gasteiger partial charge in [-0.25, -0.2) is 0 Å². The number of hydrogen-bond donors (Lipinski definition) is 4. The Morgan fingerprint density at radius 3 is 2.00 bits per heavy atom. The molecular weight excluding hydrogens is 251 g/mol. The number of rotatable bonds is 7. The Morgan fingerprint density at radius 1 is 1.24 bits per heavy atom. The maximum Gasteiger partial charge on any atom is 0.325 e. The van der Waals surface area contributed by atoms with E-state index in [1.807, 2.05) is 0 Å². The minimum absolute atomic E-state index is 0.0540. The minimum Gasteiger partial charge on any atom is -0.481 e. The summed E-state index contributed by atoms with van der Waals surface area (Å²) in [7, 11) is -4.21. The zero-order chi connectivity index (χ0) is 13.9. The van der Waals surface area contributed by atoms with Gasteiger partial charge in [0.25, 0.3) is 0 Å². The zero-order valence-electron chi connectivity index (χ0n) is 9.66. The van der Waals surface area contributed by atoms with Gasteiger partial charge in [-0.2, -0.15) is 0 Å². The van der Waals surface area contributed by atoms with Gasteiger partial charge in [-0.1, -0.05) is 13.8 Å². The summed E-state index contributed by atoms with van der Waals surface area (Å²) in [6, 6.07) is 0. The Morgan fingerprint density at radius 2 is 1.71 bits per heavy atom. The van der Waals surface area contributed by atoms with Crippen LogP contribution in [0.25, 0.3) is 0 Å². The molecule has 0 aliphatic heterocycles. The average molecular weight is 268 g/mol. The van der Waals surface area contributed by atoms with E-state index in [9.17, 15) is 14.2 Å². The Labute approximate surface area is 98.6 Å². The van der Waals surface area contributed by atoms with Crippen molar-refractivity contribution in [2.45, 2.75) is 26.7 Å². The first-order chi connectivity index (χ1) is 7.46. The first-order valence-electron chi connectivity index (χ1n) is 4.95. The number of carbonyl (C=O) groups is 2. The molecule has 0 aromatic heterocycles. The molecule has 8 heteroatoms. The van der Waals surface area contributed by atoms with Crippen molar-refractivity contribution >= 4 is 19.5 Å². The van der Waals surface area contributed by atoms with E-state index in [1.165, 1.54) is 13.8 Å². The lowest BCUT2D eigenvalue weighted by atomic mass is 9.75. The summed E-state index contributed by atoms with van der Waals surface area (Å²) < 4.78 is 10.7. The molecule has 0 fully saturated rings. The molecule has 17 heavy (non-hydrogen) atoms. The molecule has 0 saturated heterocycles. The molecule has 0 radical (unpaired) electrons. The molecule has 0 bridgehead atoms. The van der Waals surface area contributed by atoms with Gasteiger partial charge in [-0.3, -0.25) is 14.2 Å². The Hall–Kier alpha value is -0.910. The number of aliphatic carboxylic acids is 2. The second kappa shape index (κ2) is 5.62. The van der Waals surface area contributed by atoms with Crippen molar-refractivity contribution in [3.63, 3.8) is 0 Å². The fraction of sp³-hybridized carbons (Fsp3) is 0.778. The normalized spacial score (nSPS) is 14.4. The van der Waals surface area contributed by atoms with E-state index in [-0.39, 0.29) is 6.42 Å². The highest BCUT2D eigenvalue weighted by Crippen LogP contribution is 2.42. The van der Waals surface area contributed by atoms with Gasteiger partial charge in [0.15, 0.2) is 0 Å². The molecular formula is C9H17O7P. The summed E-state index contributed by atoms with van der Waals surface area (Å²) in [5.41, 5.74) is -0.995. The van der Waals surface area contributed by atoms with Crippen LogP contribution in [0, 0.1) is 11.3 Å². The van der Waals surface area contributed by atoms with Crippen LogP contribution < -0.4 is 0 Å². The summed E-state index contributed by atoms with van der Waals surface area (Å²) in [4.78, 5) is 39.0. The van der Waals surface area contributed by atoms with Gasteiger partial charge in [0.2, 0.25) is 0 Å². The summed E-state index contributed by atoms with van der Waals surface area (Å²) in [6.45, 7) is 2.98. The monoisotopic (exact) mass is 268 g/mol. The van der Waals surface area contributed by atoms with Crippen molar-refractivity contribution in [3.05, 3.63) is 0 Å². The van der Waals surface area contributed by atoms with Crippen LogP contribution in [0.2, 0.25) is 0 Å². The standard InChI is InChI=1S/C9H17O7P/c1-9(2,3-4-17(14,15)16)6(8(12)13)5-7(10)11/h6H,3-5H2,1-2H3,(H,10,11)(H,12,13)(H2,14,15,16). The van der Waals surface area contributed by atoms with Gasteiger partial charge in [0.05, 0.1) is 18.5 Å². The predicted octanol–water partition coefficient (Wildman–Crippen LogP) is 0.756. The molecule has 0 rings (SSSR count). The van der Waals surface area contributed by atoms with Crippen LogP contribution >= 0.6 is 7.60 Å². The molecule has 0 saturated carbocycles. The highest BCUT2D eigenvalue weighted by molar-refractivity contribution is 7.51. The van der Waals surface area contributed by atoms with E-state index >= 15 is 0 Å². The largest absolute Gasteiger partial charge is 0.481 e. The second-order valence-corrected chi connectivity index (χ2v) is 6.39. The molecule has 0 spiro atoms. The minimum atomic E-state index is -4.21. The lowest BCUT2D eigenvalue weighted by Gasteiger charge is -2.30. The first-order valence-corrected chi connectivity index (χ1v) is 6.74. The Balaban J connectivity index is 4.77. The molecule has 100 valence electrons. The van der Waals surface area contributed by atoms with E-state index in [0.29, 0.717) is 0 Å². The maximum absolute atomic E-state index is 10.9. The van der Waals surface area contributed by atoms with Crippen molar-refractivity contribution in [3.8, 4) is 0 Å². The van der Waals surface area contributed by atoms with Crippen molar-refractivity contribution in [1.29, 1.82) is 0 Å². The van der Waals surface area contributed by atoms with Crippen molar-refractivity contribution < 1.29 is 34.2 Å². The summed E-state index contributed by atoms with van der Waals surface area (Å²) >= 11 is 0. The zero-order valence-corrected chi connectivity index (χ0v) is 10.6. The molecule has 0 heterocycles. The molecule has 0 aliphatic carbocycles. The molecule has 0 aliphatic rings. The fourth-order valence-corrected chi connectivity index (χ4v) is 2.35. The van der Waals surface area contributed by atoms with Crippen LogP contribution in [-0.2, 0) is 14.2 Å². The van der Waals surface area contributed by atoms with E-state index < -0.39 is 43.5 Å². The van der Waals surface area contributed by atoms with Gasteiger partial charge in [-0.15, -0.1) is 0 Å². The molecule has 0 amide bonds. The third-order valence-corrected chi connectivity index (χ3v) is 3.47. The van der Waals surface area contributed by atoms with Crippen LogP contribution in [-0.4, -0.2) is 38.1 Å². The third-order valence-electron chi connectivity index (χ3n) is 2.67. The van der Waals surface area contributed by atoms with E-state index in [2.05, 4.69) is 0 Å². The fourth-order valence-electron chi connectivity index (χ4n) is 1.48. The number of carboxylic acids is 2. The molecule has 0 aromatic rings. The summed E-state index contributed by atoms with van der Waals surface area (Å²) in [6.07, 6.45) is -1.07. The second-order valence-electron chi connectivity index (χ2n) is 4.62. The number of hydrogen-bond acceptors (Lipinski definition) is 3. The Kier molecular flexibility index (Phi) is 5.32. The van der Waals surface area contributed by atoms with Gasteiger partial charge >= 0.3 is 19.5 Å². The quantitative estimate of drug-likeness (QED) is 0.501. The smallest absolute Gasteiger partial charge is 0.325 e. The molecule has 0 aromatic carbocycles. The van der Waals surface area contributed by atoms with E-state index in [0.717, 1.165) is 0 Å². The predicted molar refractivity (Wildman–Crippen MR) is 58.7 cm³/mol. The van der Waals surface area contributed by atoms with Crippen LogP contribution in [0.4, 0.5) is 0 Å². The van der Waals surface area contributed by atoms with Crippen LogP contribution in [0.15, 0.2) is 0 Å².